The fraction of sp³-hybridized carbons (Fsp3) is 0.158. The summed E-state index contributed by atoms with van der Waals surface area (Å²) in [6.07, 6.45) is 3.68. The predicted octanol–water partition coefficient (Wildman–Crippen LogP) is 3.56. The molecule has 0 unspecified atom stereocenters. The van der Waals surface area contributed by atoms with Crippen molar-refractivity contribution >= 4 is 0 Å². The molecule has 1 aromatic heterocycles. The highest BCUT2D eigenvalue weighted by atomic mass is 16.5. The lowest BCUT2D eigenvalue weighted by atomic mass is 9.98. The van der Waals surface area contributed by atoms with Crippen LogP contribution in [0, 0.1) is 6.92 Å². The monoisotopic (exact) mass is 291 g/mol. The van der Waals surface area contributed by atoms with E-state index in [1.165, 1.54) is 16.7 Å². The lowest BCUT2D eigenvalue weighted by Gasteiger charge is -2.09. The molecule has 0 saturated carbocycles. The Labute approximate surface area is 130 Å². The highest BCUT2D eigenvalue weighted by molar-refractivity contribution is 5.72. The van der Waals surface area contributed by atoms with E-state index in [1.807, 2.05) is 23.9 Å². The first-order valence-electron chi connectivity index (χ1n) is 7.26. The van der Waals surface area contributed by atoms with Gasteiger partial charge in [-0.1, -0.05) is 42.5 Å². The number of rotatable bonds is 3. The Morgan fingerprint density at radius 1 is 1.00 bits per heavy atom. The van der Waals surface area contributed by atoms with Crippen molar-refractivity contribution in [2.75, 3.05) is 7.11 Å². The molecule has 0 spiro atoms. The number of aryl methyl sites for hydroxylation is 2. The third-order valence-electron chi connectivity index (χ3n) is 3.82. The minimum Gasteiger partial charge on any atom is -0.476 e. The maximum absolute atomic E-state index is 5.42. The number of hydrogen-bond donors (Lipinski definition) is 0. The maximum Gasteiger partial charge on any atom is 0.288 e. The summed E-state index contributed by atoms with van der Waals surface area (Å²) < 4.78 is 7.46. The van der Waals surface area contributed by atoms with Crippen LogP contribution in [0.4, 0.5) is 0 Å². The summed E-state index contributed by atoms with van der Waals surface area (Å²) in [4.78, 5) is 4.31. The third kappa shape index (κ3) is 2.58. The Bertz CT molecular complexity index is 798. The Morgan fingerprint density at radius 3 is 2.45 bits per heavy atom. The van der Waals surface area contributed by atoms with Crippen LogP contribution >= 0.6 is 0 Å². The van der Waals surface area contributed by atoms with E-state index in [0.717, 1.165) is 11.3 Å². The van der Waals surface area contributed by atoms with Crippen LogP contribution in [0.3, 0.4) is 0 Å². The summed E-state index contributed by atoms with van der Waals surface area (Å²) in [5, 5.41) is 0. The number of hydrogen-bond acceptors (Lipinski definition) is 2. The van der Waals surface area contributed by atoms with E-state index in [-0.39, 0.29) is 0 Å². The van der Waals surface area contributed by atoms with Crippen molar-refractivity contribution in [3.8, 4) is 28.3 Å². The second-order valence-corrected chi connectivity index (χ2v) is 5.29. The molecule has 0 amide bonds. The molecular weight excluding hydrogens is 272 g/mol. The zero-order chi connectivity index (χ0) is 15.5. The molecule has 0 aliphatic heterocycles. The van der Waals surface area contributed by atoms with Gasteiger partial charge in [-0.3, -0.25) is 0 Å². The minimum absolute atomic E-state index is 0.639. The molecule has 0 N–H and O–H groups in total. The fourth-order valence-electron chi connectivity index (χ4n) is 2.68. The molecule has 0 atom stereocenters. The summed E-state index contributed by atoms with van der Waals surface area (Å²) in [6, 6.07) is 16.9. The van der Waals surface area contributed by atoms with E-state index in [0.29, 0.717) is 5.88 Å². The van der Waals surface area contributed by atoms with E-state index in [1.54, 1.807) is 13.3 Å². The van der Waals surface area contributed by atoms with E-state index in [4.69, 9.17) is 4.74 Å². The summed E-state index contributed by atoms with van der Waals surface area (Å²) in [5.41, 5.74) is 5.75. The SMILES string of the molecule is COc1ncc[n+](C)c1-c1ccc(-c2ccccc2)cc1C. The van der Waals surface area contributed by atoms with Crippen molar-refractivity contribution in [3.63, 3.8) is 0 Å². The Kier molecular flexibility index (Phi) is 3.88. The van der Waals surface area contributed by atoms with Crippen molar-refractivity contribution in [3.05, 3.63) is 66.5 Å². The Balaban J connectivity index is 2.11. The summed E-state index contributed by atoms with van der Waals surface area (Å²) in [7, 11) is 3.66. The van der Waals surface area contributed by atoms with Crippen molar-refractivity contribution in [2.24, 2.45) is 7.05 Å². The third-order valence-corrected chi connectivity index (χ3v) is 3.82. The van der Waals surface area contributed by atoms with Gasteiger partial charge in [-0.15, -0.1) is 0 Å². The van der Waals surface area contributed by atoms with Gasteiger partial charge in [-0.2, -0.15) is 4.57 Å². The van der Waals surface area contributed by atoms with Crippen LogP contribution in [0.1, 0.15) is 5.56 Å². The van der Waals surface area contributed by atoms with Crippen LogP contribution in [0.2, 0.25) is 0 Å². The molecule has 3 heteroatoms. The van der Waals surface area contributed by atoms with Gasteiger partial charge >= 0.3 is 0 Å². The molecule has 3 nitrogen and oxygen atoms in total. The Hall–Kier alpha value is -2.68. The minimum atomic E-state index is 0.639. The predicted molar refractivity (Wildman–Crippen MR) is 87.6 cm³/mol. The molecule has 2 aromatic carbocycles. The zero-order valence-corrected chi connectivity index (χ0v) is 13.1. The van der Waals surface area contributed by atoms with Gasteiger partial charge in [0.15, 0.2) is 6.20 Å². The number of nitrogens with zero attached hydrogens (tertiary/aromatic N) is 2. The van der Waals surface area contributed by atoms with Gasteiger partial charge in [0.25, 0.3) is 11.6 Å². The maximum atomic E-state index is 5.42. The van der Waals surface area contributed by atoms with Crippen LogP contribution in [0.15, 0.2) is 60.9 Å². The smallest absolute Gasteiger partial charge is 0.288 e. The quantitative estimate of drug-likeness (QED) is 0.690. The molecule has 3 aromatic rings. The van der Waals surface area contributed by atoms with Gasteiger partial charge in [0.2, 0.25) is 0 Å². The Morgan fingerprint density at radius 2 is 1.77 bits per heavy atom. The highest BCUT2D eigenvalue weighted by Gasteiger charge is 2.20. The summed E-state index contributed by atoms with van der Waals surface area (Å²) in [5.74, 6) is 0.639. The largest absolute Gasteiger partial charge is 0.476 e. The second-order valence-electron chi connectivity index (χ2n) is 5.29. The highest BCUT2D eigenvalue weighted by Crippen LogP contribution is 2.30. The molecule has 0 fully saturated rings. The number of methoxy groups -OCH3 is 1. The first-order valence-corrected chi connectivity index (χ1v) is 7.26. The first-order chi connectivity index (χ1) is 10.7. The molecule has 22 heavy (non-hydrogen) atoms. The van der Waals surface area contributed by atoms with E-state index >= 15 is 0 Å². The van der Waals surface area contributed by atoms with E-state index in [2.05, 4.69) is 54.4 Å². The normalized spacial score (nSPS) is 10.5. The first kappa shape index (κ1) is 14.3. The average molecular weight is 291 g/mol. The molecule has 0 saturated heterocycles. The number of benzene rings is 2. The van der Waals surface area contributed by atoms with Gasteiger partial charge in [0, 0.05) is 0 Å². The standard InChI is InChI=1S/C19H19N2O/c1-14-13-16(15-7-5-4-6-8-15)9-10-17(14)18-19(22-3)20-11-12-21(18)2/h4-13H,1-3H3/q+1. The van der Waals surface area contributed by atoms with Crippen LogP contribution in [0.5, 0.6) is 5.88 Å². The molecule has 0 aliphatic carbocycles. The summed E-state index contributed by atoms with van der Waals surface area (Å²) >= 11 is 0. The molecule has 3 rings (SSSR count). The average Bonchev–Trinajstić information content (AvgIpc) is 2.56. The fourth-order valence-corrected chi connectivity index (χ4v) is 2.68. The molecule has 1 heterocycles. The van der Waals surface area contributed by atoms with Gasteiger partial charge in [0.05, 0.1) is 18.9 Å². The van der Waals surface area contributed by atoms with E-state index < -0.39 is 0 Å². The van der Waals surface area contributed by atoms with Crippen LogP contribution in [0.25, 0.3) is 22.4 Å². The number of aromatic nitrogens is 2. The van der Waals surface area contributed by atoms with Crippen LogP contribution < -0.4 is 9.30 Å². The van der Waals surface area contributed by atoms with Gasteiger partial charge < -0.3 is 4.74 Å². The molecular formula is C19H19N2O+. The van der Waals surface area contributed by atoms with Crippen LogP contribution in [-0.2, 0) is 7.05 Å². The van der Waals surface area contributed by atoms with Crippen molar-refractivity contribution in [1.29, 1.82) is 0 Å². The topological polar surface area (TPSA) is 26.0 Å². The lowest BCUT2D eigenvalue weighted by molar-refractivity contribution is -0.661. The molecule has 0 aliphatic rings. The van der Waals surface area contributed by atoms with E-state index in [9.17, 15) is 0 Å². The molecule has 0 radical (unpaired) electrons. The van der Waals surface area contributed by atoms with Gasteiger partial charge in [-0.25, -0.2) is 4.98 Å². The lowest BCUT2D eigenvalue weighted by Crippen LogP contribution is -2.31. The van der Waals surface area contributed by atoms with Crippen molar-refractivity contribution in [2.45, 2.75) is 6.92 Å². The zero-order valence-electron chi connectivity index (χ0n) is 13.1. The summed E-state index contributed by atoms with van der Waals surface area (Å²) in [6.45, 7) is 2.12. The molecule has 110 valence electrons. The number of ether oxygens (including phenoxy) is 1. The van der Waals surface area contributed by atoms with Crippen LogP contribution in [-0.4, -0.2) is 12.1 Å². The van der Waals surface area contributed by atoms with Gasteiger partial charge in [-0.05, 0) is 29.7 Å². The van der Waals surface area contributed by atoms with Crippen molar-refractivity contribution < 1.29 is 9.30 Å². The van der Waals surface area contributed by atoms with Gasteiger partial charge in [0.1, 0.15) is 7.05 Å². The second kappa shape index (κ2) is 5.98. The van der Waals surface area contributed by atoms with Crippen molar-refractivity contribution in [1.82, 2.24) is 4.98 Å². The molecule has 0 bridgehead atoms.